The molecular formula is C12H27NO2S. The van der Waals surface area contributed by atoms with E-state index in [0.717, 1.165) is 38.6 Å². The Labute approximate surface area is 101 Å². The van der Waals surface area contributed by atoms with Crippen molar-refractivity contribution in [1.82, 2.24) is 5.32 Å². The molecule has 0 bridgehead atoms. The highest BCUT2D eigenvalue weighted by Gasteiger charge is 2.11. The molecule has 1 unspecified atom stereocenters. The molecule has 98 valence electrons. The van der Waals surface area contributed by atoms with Crippen molar-refractivity contribution in [3.8, 4) is 0 Å². The van der Waals surface area contributed by atoms with Crippen molar-refractivity contribution in [3.63, 3.8) is 0 Å². The highest BCUT2D eigenvalue weighted by Crippen LogP contribution is 2.05. The van der Waals surface area contributed by atoms with Crippen molar-refractivity contribution in [1.29, 1.82) is 0 Å². The normalized spacial score (nSPS) is 13.9. The van der Waals surface area contributed by atoms with E-state index in [1.54, 1.807) is 0 Å². The van der Waals surface area contributed by atoms with Gasteiger partial charge in [0.15, 0.2) is 0 Å². The minimum atomic E-state index is -2.78. The zero-order valence-electron chi connectivity index (χ0n) is 11.0. The molecule has 0 aromatic rings. The van der Waals surface area contributed by atoms with Crippen LogP contribution in [0.25, 0.3) is 0 Å². The van der Waals surface area contributed by atoms with E-state index in [9.17, 15) is 8.42 Å². The highest BCUT2D eigenvalue weighted by atomic mass is 32.2. The van der Waals surface area contributed by atoms with Crippen molar-refractivity contribution in [2.45, 2.75) is 58.9 Å². The molecule has 0 aliphatic heterocycles. The first-order chi connectivity index (χ1) is 7.55. The molecule has 0 fully saturated rings. The second-order valence-electron chi connectivity index (χ2n) is 4.35. The molecule has 16 heavy (non-hydrogen) atoms. The van der Waals surface area contributed by atoms with Crippen molar-refractivity contribution in [2.24, 2.45) is 0 Å². The van der Waals surface area contributed by atoms with E-state index in [0.29, 0.717) is 17.5 Å². The van der Waals surface area contributed by atoms with Crippen LogP contribution in [-0.2, 0) is 9.84 Å². The second kappa shape index (κ2) is 8.99. The molecule has 0 aliphatic carbocycles. The van der Waals surface area contributed by atoms with Crippen LogP contribution < -0.4 is 5.32 Å². The number of hydrogen-bond acceptors (Lipinski definition) is 3. The maximum atomic E-state index is 11.5. The zero-order chi connectivity index (χ0) is 12.4. The van der Waals surface area contributed by atoms with Crippen LogP contribution in [-0.4, -0.2) is 32.5 Å². The van der Waals surface area contributed by atoms with Gasteiger partial charge >= 0.3 is 0 Å². The molecule has 0 spiro atoms. The first kappa shape index (κ1) is 15.9. The van der Waals surface area contributed by atoms with E-state index in [-0.39, 0.29) is 0 Å². The maximum absolute atomic E-state index is 11.5. The van der Waals surface area contributed by atoms with E-state index >= 15 is 0 Å². The van der Waals surface area contributed by atoms with Crippen molar-refractivity contribution < 1.29 is 8.42 Å². The number of rotatable bonds is 10. The highest BCUT2D eigenvalue weighted by molar-refractivity contribution is 7.91. The third-order valence-corrected chi connectivity index (χ3v) is 4.64. The lowest BCUT2D eigenvalue weighted by molar-refractivity contribution is 0.463. The van der Waals surface area contributed by atoms with Gasteiger partial charge in [-0.05, 0) is 38.6 Å². The summed E-state index contributed by atoms with van der Waals surface area (Å²) in [6.07, 6.45) is 4.70. The Bertz CT molecular complexity index is 250. The Morgan fingerprint density at radius 3 is 2.25 bits per heavy atom. The lowest BCUT2D eigenvalue weighted by atomic mass is 10.1. The van der Waals surface area contributed by atoms with Gasteiger partial charge < -0.3 is 5.32 Å². The van der Waals surface area contributed by atoms with E-state index in [2.05, 4.69) is 19.2 Å². The molecular weight excluding hydrogens is 222 g/mol. The summed E-state index contributed by atoms with van der Waals surface area (Å²) in [5.74, 6) is 0.692. The lowest BCUT2D eigenvalue weighted by Gasteiger charge is -2.16. The number of hydrogen-bond donors (Lipinski definition) is 1. The lowest BCUT2D eigenvalue weighted by Crippen LogP contribution is -2.29. The van der Waals surface area contributed by atoms with Crippen LogP contribution in [0.2, 0.25) is 0 Å². The molecule has 1 N–H and O–H groups in total. The topological polar surface area (TPSA) is 46.2 Å². The summed E-state index contributed by atoms with van der Waals surface area (Å²) >= 11 is 0. The quantitative estimate of drug-likeness (QED) is 0.646. The van der Waals surface area contributed by atoms with E-state index < -0.39 is 9.84 Å². The Morgan fingerprint density at radius 1 is 1.06 bits per heavy atom. The average Bonchev–Trinajstić information content (AvgIpc) is 2.22. The monoisotopic (exact) mass is 249 g/mol. The Morgan fingerprint density at radius 2 is 1.75 bits per heavy atom. The number of nitrogens with one attached hydrogen (secondary N) is 1. The fourth-order valence-electron chi connectivity index (χ4n) is 1.76. The first-order valence-electron chi connectivity index (χ1n) is 6.49. The van der Waals surface area contributed by atoms with E-state index in [4.69, 9.17) is 0 Å². The third-order valence-electron chi connectivity index (χ3n) is 2.70. The van der Waals surface area contributed by atoms with Crippen LogP contribution in [0.4, 0.5) is 0 Å². The predicted octanol–water partition coefficient (Wildman–Crippen LogP) is 2.37. The third kappa shape index (κ3) is 8.11. The minimum Gasteiger partial charge on any atom is -0.314 e. The van der Waals surface area contributed by atoms with Gasteiger partial charge in [-0.1, -0.05) is 20.8 Å². The molecule has 0 radical (unpaired) electrons. The first-order valence-corrected chi connectivity index (χ1v) is 8.31. The summed E-state index contributed by atoms with van der Waals surface area (Å²) in [6.45, 7) is 7.23. The van der Waals surface area contributed by atoms with E-state index in [1.807, 2.05) is 6.92 Å². The minimum absolute atomic E-state index is 0.339. The Balaban J connectivity index is 3.77. The maximum Gasteiger partial charge on any atom is 0.150 e. The molecule has 0 heterocycles. The van der Waals surface area contributed by atoms with Crippen molar-refractivity contribution in [2.75, 3.05) is 18.1 Å². The fraction of sp³-hybridized carbons (Fsp3) is 1.00. The van der Waals surface area contributed by atoms with Gasteiger partial charge in [0.2, 0.25) is 0 Å². The van der Waals surface area contributed by atoms with Crippen LogP contribution in [0.3, 0.4) is 0 Å². The van der Waals surface area contributed by atoms with Crippen LogP contribution in [0.15, 0.2) is 0 Å². The van der Waals surface area contributed by atoms with Gasteiger partial charge in [-0.3, -0.25) is 0 Å². The summed E-state index contributed by atoms with van der Waals surface area (Å²) < 4.78 is 23.0. The summed E-state index contributed by atoms with van der Waals surface area (Å²) in [7, 11) is -2.78. The predicted molar refractivity (Wildman–Crippen MR) is 70.6 cm³/mol. The van der Waals surface area contributed by atoms with Gasteiger partial charge in [-0.15, -0.1) is 0 Å². The molecule has 0 saturated carbocycles. The standard InChI is InChI=1S/C12H27NO2S/c1-4-9-13-12(6-3)8-7-11-16(14,15)10-5-2/h12-13H,4-11H2,1-3H3. The molecule has 3 nitrogen and oxygen atoms in total. The van der Waals surface area contributed by atoms with Gasteiger partial charge in [-0.25, -0.2) is 8.42 Å². The van der Waals surface area contributed by atoms with Gasteiger partial charge in [0.05, 0.1) is 5.75 Å². The Hall–Kier alpha value is -0.0900. The molecule has 0 rings (SSSR count). The SMILES string of the molecule is CCCNC(CC)CCCS(=O)(=O)CCC. The van der Waals surface area contributed by atoms with Gasteiger partial charge in [0, 0.05) is 11.8 Å². The van der Waals surface area contributed by atoms with Gasteiger partial charge in [0.25, 0.3) is 0 Å². The molecule has 4 heteroatoms. The van der Waals surface area contributed by atoms with Crippen molar-refractivity contribution >= 4 is 9.84 Å². The zero-order valence-corrected chi connectivity index (χ0v) is 11.8. The summed E-state index contributed by atoms with van der Waals surface area (Å²) in [6, 6.07) is 0.483. The molecule has 0 saturated heterocycles. The molecule has 1 atom stereocenters. The van der Waals surface area contributed by atoms with Crippen LogP contribution in [0, 0.1) is 0 Å². The summed E-state index contributed by atoms with van der Waals surface area (Å²) in [4.78, 5) is 0. The van der Waals surface area contributed by atoms with Crippen molar-refractivity contribution in [3.05, 3.63) is 0 Å². The largest absolute Gasteiger partial charge is 0.314 e. The molecule has 0 aliphatic rings. The molecule has 0 aromatic carbocycles. The van der Waals surface area contributed by atoms with Gasteiger partial charge in [0.1, 0.15) is 9.84 Å². The van der Waals surface area contributed by atoms with Crippen LogP contribution in [0.1, 0.15) is 52.9 Å². The second-order valence-corrected chi connectivity index (χ2v) is 6.66. The summed E-state index contributed by atoms with van der Waals surface area (Å²) in [5, 5.41) is 3.44. The average molecular weight is 249 g/mol. The van der Waals surface area contributed by atoms with Crippen LogP contribution >= 0.6 is 0 Å². The fourth-order valence-corrected chi connectivity index (χ4v) is 3.19. The molecule has 0 amide bonds. The smallest absolute Gasteiger partial charge is 0.150 e. The van der Waals surface area contributed by atoms with E-state index in [1.165, 1.54) is 0 Å². The molecule has 0 aromatic heterocycles. The van der Waals surface area contributed by atoms with Crippen LogP contribution in [0.5, 0.6) is 0 Å². The Kier molecular flexibility index (Phi) is 8.94. The summed E-state index contributed by atoms with van der Waals surface area (Å²) in [5.41, 5.74) is 0. The van der Waals surface area contributed by atoms with Gasteiger partial charge in [-0.2, -0.15) is 0 Å². The number of sulfone groups is 1.